The largest absolute Gasteiger partial charge is 0.481 e. The maximum absolute atomic E-state index is 12.3. The van der Waals surface area contributed by atoms with Gasteiger partial charge in [-0.2, -0.15) is 11.8 Å². The van der Waals surface area contributed by atoms with Gasteiger partial charge in [0.05, 0.1) is 22.5 Å². The molecule has 1 spiro atoms. The summed E-state index contributed by atoms with van der Waals surface area (Å²) in [4.78, 5) is 10.8. The van der Waals surface area contributed by atoms with Crippen molar-refractivity contribution in [2.75, 3.05) is 23.9 Å². The van der Waals surface area contributed by atoms with Crippen molar-refractivity contribution in [2.24, 2.45) is 5.92 Å². The van der Waals surface area contributed by atoms with Crippen LogP contribution in [0.4, 0.5) is 0 Å². The lowest BCUT2D eigenvalue weighted by atomic mass is 9.93. The van der Waals surface area contributed by atoms with Gasteiger partial charge in [-0.3, -0.25) is 4.79 Å². The van der Waals surface area contributed by atoms with Gasteiger partial charge in [-0.15, -0.1) is 0 Å². The van der Waals surface area contributed by atoms with Crippen molar-refractivity contribution in [3.05, 3.63) is 0 Å². The number of carbonyl (C=O) groups is 1. The van der Waals surface area contributed by atoms with Crippen molar-refractivity contribution in [2.45, 2.75) is 37.0 Å². The molecule has 110 valence electrons. The fourth-order valence-corrected chi connectivity index (χ4v) is 6.21. The minimum absolute atomic E-state index is 0.268. The highest BCUT2D eigenvalue weighted by Gasteiger charge is 2.44. The maximum Gasteiger partial charge on any atom is 0.307 e. The lowest BCUT2D eigenvalue weighted by molar-refractivity contribution is -0.140. The van der Waals surface area contributed by atoms with E-state index in [1.807, 2.05) is 0 Å². The smallest absolute Gasteiger partial charge is 0.307 e. The second-order valence-corrected chi connectivity index (χ2v) is 8.95. The predicted octanol–water partition coefficient (Wildman–Crippen LogP) is 1.18. The van der Waals surface area contributed by atoms with Crippen LogP contribution in [0, 0.1) is 5.92 Å². The number of aliphatic carboxylic acids is 1. The molecule has 3 atom stereocenters. The first kappa shape index (κ1) is 15.1. The molecule has 5 nitrogen and oxygen atoms in total. The van der Waals surface area contributed by atoms with Crippen LogP contribution in [-0.2, 0) is 19.4 Å². The van der Waals surface area contributed by atoms with Crippen molar-refractivity contribution >= 4 is 27.6 Å². The Morgan fingerprint density at radius 3 is 2.89 bits per heavy atom. The Hall–Kier alpha value is -0.270. The van der Waals surface area contributed by atoms with Gasteiger partial charge in [-0.05, 0) is 25.0 Å². The molecule has 2 rings (SSSR count). The molecule has 2 heterocycles. The van der Waals surface area contributed by atoms with E-state index in [1.54, 1.807) is 11.8 Å². The zero-order valence-corrected chi connectivity index (χ0v) is 12.6. The molecular weight excluding hydrogens is 288 g/mol. The van der Waals surface area contributed by atoms with E-state index in [4.69, 9.17) is 9.84 Å². The summed E-state index contributed by atoms with van der Waals surface area (Å²) in [6, 6.07) is 0. The van der Waals surface area contributed by atoms with Crippen molar-refractivity contribution in [3.63, 3.8) is 0 Å². The summed E-state index contributed by atoms with van der Waals surface area (Å²) in [5, 5.41) is 8.41. The standard InChI is InChI=1S/C12H20O5S2/c1-9(11(13)14)7-19(15,16)10-2-4-17-12(6-10)3-5-18-8-12/h9-10H,2-8H2,1H3,(H,13,14). The Labute approximate surface area is 118 Å². The third kappa shape index (κ3) is 3.44. The third-order valence-corrected chi connectivity index (χ3v) is 7.53. The summed E-state index contributed by atoms with van der Waals surface area (Å²) in [6.45, 7) is 1.91. The maximum atomic E-state index is 12.3. The van der Waals surface area contributed by atoms with Crippen molar-refractivity contribution in [1.82, 2.24) is 0 Å². The molecule has 0 aliphatic carbocycles. The van der Waals surface area contributed by atoms with Crippen LogP contribution >= 0.6 is 11.8 Å². The molecule has 2 aliphatic rings. The molecule has 2 aliphatic heterocycles. The van der Waals surface area contributed by atoms with Gasteiger partial charge in [0.1, 0.15) is 0 Å². The molecule has 0 radical (unpaired) electrons. The lowest BCUT2D eigenvalue weighted by Gasteiger charge is -2.37. The van der Waals surface area contributed by atoms with E-state index in [0.29, 0.717) is 19.4 Å². The normalized spacial score (nSPS) is 33.4. The van der Waals surface area contributed by atoms with Gasteiger partial charge in [-0.25, -0.2) is 8.42 Å². The van der Waals surface area contributed by atoms with Gasteiger partial charge < -0.3 is 9.84 Å². The van der Waals surface area contributed by atoms with Crippen LogP contribution in [0.3, 0.4) is 0 Å². The van der Waals surface area contributed by atoms with Crippen LogP contribution in [0.2, 0.25) is 0 Å². The summed E-state index contributed by atoms with van der Waals surface area (Å²) in [5.41, 5.74) is -0.285. The van der Waals surface area contributed by atoms with Crippen LogP contribution < -0.4 is 0 Å². The first-order valence-corrected chi connectivity index (χ1v) is 9.38. The molecular formula is C12H20O5S2. The summed E-state index contributed by atoms with van der Waals surface area (Å²) in [7, 11) is -3.36. The van der Waals surface area contributed by atoms with Gasteiger partial charge in [0.15, 0.2) is 9.84 Å². The number of sulfone groups is 1. The number of ether oxygens (including phenoxy) is 1. The topological polar surface area (TPSA) is 80.7 Å². The van der Waals surface area contributed by atoms with E-state index < -0.39 is 27.0 Å². The van der Waals surface area contributed by atoms with E-state index in [9.17, 15) is 13.2 Å². The van der Waals surface area contributed by atoms with E-state index in [2.05, 4.69) is 0 Å². The quantitative estimate of drug-likeness (QED) is 0.840. The minimum atomic E-state index is -3.36. The molecule has 1 N–H and O–H groups in total. The van der Waals surface area contributed by atoms with Gasteiger partial charge in [0, 0.05) is 12.4 Å². The van der Waals surface area contributed by atoms with E-state index >= 15 is 0 Å². The van der Waals surface area contributed by atoms with Crippen LogP contribution in [0.15, 0.2) is 0 Å². The van der Waals surface area contributed by atoms with E-state index in [-0.39, 0.29) is 11.4 Å². The Balaban J connectivity index is 2.05. The average Bonchev–Trinajstić information content (AvgIpc) is 2.76. The molecule has 0 saturated carbocycles. The van der Waals surface area contributed by atoms with E-state index in [1.165, 1.54) is 6.92 Å². The van der Waals surface area contributed by atoms with Crippen molar-refractivity contribution < 1.29 is 23.1 Å². The summed E-state index contributed by atoms with van der Waals surface area (Å²) >= 11 is 1.80. The molecule has 3 unspecified atom stereocenters. The van der Waals surface area contributed by atoms with Crippen LogP contribution in [0.5, 0.6) is 0 Å². The molecule has 19 heavy (non-hydrogen) atoms. The fraction of sp³-hybridized carbons (Fsp3) is 0.917. The van der Waals surface area contributed by atoms with Crippen molar-refractivity contribution in [1.29, 1.82) is 0 Å². The van der Waals surface area contributed by atoms with Gasteiger partial charge in [0.2, 0.25) is 0 Å². The van der Waals surface area contributed by atoms with E-state index in [0.717, 1.165) is 17.9 Å². The monoisotopic (exact) mass is 308 g/mol. The van der Waals surface area contributed by atoms with Crippen LogP contribution in [0.25, 0.3) is 0 Å². The SMILES string of the molecule is CC(CS(=O)(=O)C1CCOC2(CCSC2)C1)C(=O)O. The third-order valence-electron chi connectivity index (χ3n) is 3.93. The molecule has 0 bridgehead atoms. The van der Waals surface area contributed by atoms with Gasteiger partial charge in [-0.1, -0.05) is 6.92 Å². The second kappa shape index (κ2) is 5.61. The minimum Gasteiger partial charge on any atom is -0.481 e. The van der Waals surface area contributed by atoms with Crippen LogP contribution in [-0.4, -0.2) is 54.2 Å². The van der Waals surface area contributed by atoms with Gasteiger partial charge in [0.25, 0.3) is 0 Å². The Bertz CT molecular complexity index is 439. The molecule has 0 aromatic heterocycles. The van der Waals surface area contributed by atoms with Gasteiger partial charge >= 0.3 is 5.97 Å². The average molecular weight is 308 g/mol. The number of hydrogen-bond donors (Lipinski definition) is 1. The summed E-state index contributed by atoms with van der Waals surface area (Å²) < 4.78 is 30.4. The predicted molar refractivity (Wildman–Crippen MR) is 74.2 cm³/mol. The zero-order valence-electron chi connectivity index (χ0n) is 11.0. The number of rotatable bonds is 4. The Morgan fingerprint density at radius 2 is 2.32 bits per heavy atom. The first-order chi connectivity index (χ1) is 8.85. The summed E-state index contributed by atoms with van der Waals surface area (Å²) in [6.07, 6.45) is 1.91. The highest BCUT2D eigenvalue weighted by Crippen LogP contribution is 2.40. The number of carboxylic acid groups (broad SMARTS) is 1. The molecule has 2 saturated heterocycles. The molecule has 2 fully saturated rings. The highest BCUT2D eigenvalue weighted by atomic mass is 32.2. The highest BCUT2D eigenvalue weighted by molar-refractivity contribution is 7.99. The Kier molecular flexibility index (Phi) is 4.47. The molecule has 0 aromatic rings. The number of hydrogen-bond acceptors (Lipinski definition) is 5. The lowest BCUT2D eigenvalue weighted by Crippen LogP contribution is -2.45. The van der Waals surface area contributed by atoms with Crippen molar-refractivity contribution in [3.8, 4) is 0 Å². The van der Waals surface area contributed by atoms with Crippen LogP contribution in [0.1, 0.15) is 26.2 Å². The first-order valence-electron chi connectivity index (χ1n) is 6.51. The molecule has 7 heteroatoms. The number of carboxylic acids is 1. The molecule has 0 amide bonds. The number of thioether (sulfide) groups is 1. The second-order valence-electron chi connectivity index (χ2n) is 5.52. The zero-order chi connectivity index (χ0) is 14.1. The Morgan fingerprint density at radius 1 is 1.58 bits per heavy atom. The molecule has 0 aromatic carbocycles. The fourth-order valence-electron chi connectivity index (χ4n) is 2.71. The summed E-state index contributed by atoms with van der Waals surface area (Å²) in [5.74, 6) is -0.300.